The molecule has 2 fully saturated rings. The van der Waals surface area contributed by atoms with Gasteiger partial charge < -0.3 is 34.8 Å². The number of nitrogens with one attached hydrogen (secondary N) is 1. The van der Waals surface area contributed by atoms with Crippen molar-refractivity contribution in [3.05, 3.63) is 141 Å². The van der Waals surface area contributed by atoms with Crippen LogP contribution in [0.15, 0.2) is 109 Å². The Morgan fingerprint density at radius 3 is 1.33 bits per heavy atom. The van der Waals surface area contributed by atoms with Gasteiger partial charge >= 0.3 is 11.9 Å². The first kappa shape index (κ1) is 57.7. The normalized spacial score (nSPS) is 15.4. The number of halogens is 2. The zero-order valence-electron chi connectivity index (χ0n) is 46.6. The average molecular weight is 1140 g/mol. The van der Waals surface area contributed by atoms with E-state index >= 15 is 0 Å². The lowest BCUT2D eigenvalue weighted by Crippen LogP contribution is -2.48. The molecule has 2 atom stereocenters. The van der Waals surface area contributed by atoms with Gasteiger partial charge in [-0.25, -0.2) is 19.6 Å². The van der Waals surface area contributed by atoms with Gasteiger partial charge in [-0.1, -0.05) is 71.7 Å². The van der Waals surface area contributed by atoms with Crippen molar-refractivity contribution in [1.29, 1.82) is 0 Å². The van der Waals surface area contributed by atoms with Gasteiger partial charge in [0.1, 0.15) is 10.0 Å². The Balaban J connectivity index is 0.000000192. The molecule has 2 aliphatic rings. The molecule has 10 rings (SSSR count). The van der Waals surface area contributed by atoms with Crippen molar-refractivity contribution in [2.24, 2.45) is 0 Å². The number of hydrogen-bond acceptors (Lipinski definition) is 12. The maximum Gasteiger partial charge on any atom is 0.337 e. The molecule has 2 aromatic heterocycles. The lowest BCUT2D eigenvalue weighted by molar-refractivity contribution is -0.161. The Morgan fingerprint density at radius 2 is 0.962 bits per heavy atom. The van der Waals surface area contributed by atoms with E-state index in [-0.39, 0.29) is 0 Å². The molecular formula is C63H70Cl2N6O6S2. The number of aryl methyl sites for hydroxylation is 2. The number of ether oxygens (including phenoxy) is 2. The van der Waals surface area contributed by atoms with Crippen LogP contribution in [-0.4, -0.2) is 107 Å². The first-order valence-electron chi connectivity index (χ1n) is 26.9. The molecule has 0 spiro atoms. The van der Waals surface area contributed by atoms with E-state index in [2.05, 4.69) is 82.4 Å². The molecule has 0 radical (unpaired) electrons. The van der Waals surface area contributed by atoms with Gasteiger partial charge in [-0.3, -0.25) is 4.90 Å². The van der Waals surface area contributed by atoms with Crippen LogP contribution in [0.1, 0.15) is 89.9 Å². The smallest absolute Gasteiger partial charge is 0.337 e. The van der Waals surface area contributed by atoms with Crippen LogP contribution in [0.2, 0.25) is 10.0 Å². The molecule has 0 unspecified atom stereocenters. The summed E-state index contributed by atoms with van der Waals surface area (Å²) in [4.78, 5) is 42.6. The summed E-state index contributed by atoms with van der Waals surface area (Å²) in [6.45, 7) is 27.6. The molecule has 12 nitrogen and oxygen atoms in total. The van der Waals surface area contributed by atoms with E-state index in [4.69, 9.17) is 42.6 Å². The first-order chi connectivity index (χ1) is 37.5. The maximum atomic E-state index is 12.6. The van der Waals surface area contributed by atoms with Crippen LogP contribution >= 0.6 is 45.9 Å². The van der Waals surface area contributed by atoms with Crippen molar-refractivity contribution < 1.29 is 29.3 Å². The lowest BCUT2D eigenvalue weighted by atomic mass is 9.91. The van der Waals surface area contributed by atoms with E-state index in [1.54, 1.807) is 22.7 Å². The molecule has 3 N–H and O–H groups in total. The predicted molar refractivity (Wildman–Crippen MR) is 327 cm³/mol. The summed E-state index contributed by atoms with van der Waals surface area (Å²) in [5.41, 5.74) is 11.2. The number of carbonyl (C=O) groups is 2. The fraction of sp³-hybridized carbons (Fsp3) is 0.365. The number of aromatic nitrogens is 2. The Bertz CT molecular complexity index is 3480. The third kappa shape index (κ3) is 13.5. The minimum atomic E-state index is -1.14. The number of fused-ring (bicyclic) bond motifs is 2. The SMILES string of the molecule is Cc1cc2nc(-c3cccc(N4CCN(C(C)C)CC4)c3)sc2c(-c2ccc(Cl)cc2)c1[C@H](OC(C)(C)C)C(=O)O.Cc1cc2nc(-c3cccc(N4CCNCC4)c3)sc2c(-c2ccc(Cl)cc2)c1[C@H](OC(C)(C)C)C(=O)O. The van der Waals surface area contributed by atoms with E-state index in [1.807, 2.05) is 116 Å². The number of carboxylic acid groups (broad SMARTS) is 2. The molecule has 0 aliphatic carbocycles. The first-order valence-corrected chi connectivity index (χ1v) is 29.3. The molecule has 6 aromatic carbocycles. The number of aliphatic carboxylic acids is 2. The van der Waals surface area contributed by atoms with E-state index in [0.717, 1.165) is 127 Å². The summed E-state index contributed by atoms with van der Waals surface area (Å²) in [5, 5.41) is 27.0. The third-order valence-electron chi connectivity index (χ3n) is 14.1. The minimum absolute atomic E-state index is 0.559. The Kier molecular flexibility index (Phi) is 17.6. The molecule has 0 saturated carbocycles. The van der Waals surface area contributed by atoms with Gasteiger partial charge in [0, 0.05) is 113 Å². The van der Waals surface area contributed by atoms with Gasteiger partial charge in [0.15, 0.2) is 12.2 Å². The Hall–Kier alpha value is -5.94. The highest BCUT2D eigenvalue weighted by Gasteiger charge is 2.34. The van der Waals surface area contributed by atoms with Gasteiger partial charge in [-0.15, -0.1) is 22.7 Å². The summed E-state index contributed by atoms with van der Waals surface area (Å²) >= 11 is 15.6. The molecule has 2 saturated heterocycles. The van der Waals surface area contributed by atoms with Crippen LogP contribution in [-0.2, 0) is 19.1 Å². The topological polar surface area (TPSA) is 141 Å². The number of thiazole rings is 2. The average Bonchev–Trinajstić information content (AvgIpc) is 4.30. The Morgan fingerprint density at radius 1 is 0.570 bits per heavy atom. The maximum absolute atomic E-state index is 12.6. The van der Waals surface area contributed by atoms with Crippen LogP contribution in [0.4, 0.5) is 11.4 Å². The molecule has 4 heterocycles. The van der Waals surface area contributed by atoms with Gasteiger partial charge in [-0.05, 0) is 152 Å². The molecule has 0 amide bonds. The van der Waals surface area contributed by atoms with Crippen molar-refractivity contribution in [2.45, 2.75) is 98.7 Å². The van der Waals surface area contributed by atoms with Gasteiger partial charge in [0.05, 0.1) is 31.6 Å². The fourth-order valence-corrected chi connectivity index (χ4v) is 12.9. The van der Waals surface area contributed by atoms with Crippen molar-refractivity contribution in [2.75, 3.05) is 62.2 Å². The van der Waals surface area contributed by atoms with Crippen molar-refractivity contribution in [3.8, 4) is 43.4 Å². The van der Waals surface area contributed by atoms with Crippen molar-refractivity contribution in [3.63, 3.8) is 0 Å². The molecule has 8 aromatic rings. The van der Waals surface area contributed by atoms with Crippen molar-refractivity contribution in [1.82, 2.24) is 20.2 Å². The highest BCUT2D eigenvalue weighted by atomic mass is 35.5. The van der Waals surface area contributed by atoms with E-state index in [0.29, 0.717) is 27.2 Å². The minimum Gasteiger partial charge on any atom is -0.479 e. The predicted octanol–water partition coefficient (Wildman–Crippen LogP) is 15.0. The summed E-state index contributed by atoms with van der Waals surface area (Å²) in [6.07, 6.45) is -2.27. The molecule has 16 heteroatoms. The summed E-state index contributed by atoms with van der Waals surface area (Å²) < 4.78 is 14.1. The highest BCUT2D eigenvalue weighted by molar-refractivity contribution is 7.22. The quantitative estimate of drug-likeness (QED) is 0.101. The van der Waals surface area contributed by atoms with Crippen molar-refractivity contribution >= 4 is 89.6 Å². The largest absolute Gasteiger partial charge is 0.479 e. The standard InChI is InChI=1S/C33H38ClN3O3S.C30H32ClN3O3S/c1-20(2)36-14-16-37(17-15-36)25-9-7-8-23(19-25)31-35-26-18-21(3)27(29(32(38)39)40-33(4,5)6)28(30(26)41-31)22-10-12-24(34)13-11-22;1-18-16-23-27(38-28(33-23)20-6-5-7-22(17-20)34-14-12-32-13-15-34)25(19-8-10-21(31)11-9-19)24(18)26(29(35)36)37-30(2,3)4/h7-13,18-20,29H,14-17H2,1-6H3,(H,38,39);5-11,16-17,26,32H,12-15H2,1-4H3,(H,35,36)/t29-;26-/m00/s1. The second kappa shape index (κ2) is 24.0. The molecule has 414 valence electrons. The number of benzene rings is 6. The number of anilines is 2. The third-order valence-corrected chi connectivity index (χ3v) is 16.9. The zero-order valence-corrected chi connectivity index (χ0v) is 49.8. The number of rotatable bonds is 13. The van der Waals surface area contributed by atoms with E-state index < -0.39 is 35.3 Å². The number of piperazine rings is 2. The molecule has 2 aliphatic heterocycles. The van der Waals surface area contributed by atoms with E-state index in [9.17, 15) is 19.8 Å². The second-order valence-electron chi connectivity index (χ2n) is 22.6. The van der Waals surface area contributed by atoms with Crippen LogP contribution in [0, 0.1) is 13.8 Å². The number of hydrogen-bond donors (Lipinski definition) is 3. The zero-order chi connectivity index (χ0) is 56.5. The molecule has 0 bridgehead atoms. The monoisotopic (exact) mass is 1140 g/mol. The molecular weight excluding hydrogens is 1070 g/mol. The lowest BCUT2D eigenvalue weighted by Gasteiger charge is -2.38. The van der Waals surface area contributed by atoms with Crippen LogP contribution in [0.5, 0.6) is 0 Å². The Labute approximate surface area is 481 Å². The summed E-state index contributed by atoms with van der Waals surface area (Å²) in [5.74, 6) is -2.04. The summed E-state index contributed by atoms with van der Waals surface area (Å²) in [7, 11) is 0. The van der Waals surface area contributed by atoms with Gasteiger partial charge in [0.2, 0.25) is 0 Å². The van der Waals surface area contributed by atoms with Gasteiger partial charge in [0.25, 0.3) is 0 Å². The van der Waals surface area contributed by atoms with E-state index in [1.165, 1.54) is 11.4 Å². The fourth-order valence-electron chi connectivity index (χ4n) is 10.4. The highest BCUT2D eigenvalue weighted by Crippen LogP contribution is 2.47. The number of nitrogens with zero attached hydrogens (tertiary/aromatic N) is 5. The van der Waals surface area contributed by atoms with Crippen LogP contribution in [0.3, 0.4) is 0 Å². The number of carboxylic acids is 2. The van der Waals surface area contributed by atoms with Crippen LogP contribution < -0.4 is 15.1 Å². The second-order valence-corrected chi connectivity index (χ2v) is 25.4. The molecule has 79 heavy (non-hydrogen) atoms. The summed E-state index contributed by atoms with van der Waals surface area (Å²) in [6, 6.07) is 36.7. The van der Waals surface area contributed by atoms with Crippen LogP contribution in [0.25, 0.3) is 63.8 Å². The van der Waals surface area contributed by atoms with Gasteiger partial charge in [-0.2, -0.15) is 0 Å².